The minimum atomic E-state index is -0.142. The maximum absolute atomic E-state index is 6.11. The van der Waals surface area contributed by atoms with Crippen LogP contribution in [0.2, 0.25) is 0 Å². The highest BCUT2D eigenvalue weighted by Crippen LogP contribution is 2.22. The Morgan fingerprint density at radius 1 is 1.40 bits per heavy atom. The first-order chi connectivity index (χ1) is 7.16. The van der Waals surface area contributed by atoms with Gasteiger partial charge < -0.3 is 5.73 Å². The number of aryl methyl sites for hydroxylation is 2. The first-order valence-electron chi connectivity index (χ1n) is 4.77. The Labute approximate surface area is 93.0 Å². The number of hydrogen-bond acceptors (Lipinski definition) is 4. The monoisotopic (exact) mass is 219 g/mol. The molecule has 15 heavy (non-hydrogen) atoms. The third-order valence-electron chi connectivity index (χ3n) is 2.23. The lowest BCUT2D eigenvalue weighted by atomic mass is 10.1. The third-order valence-corrected chi connectivity index (χ3v) is 3.11. The summed E-state index contributed by atoms with van der Waals surface area (Å²) in [7, 11) is 0. The number of aromatic nitrogens is 2. The number of rotatable bonds is 2. The molecular weight excluding hydrogens is 206 g/mol. The second kappa shape index (κ2) is 4.08. The Morgan fingerprint density at radius 2 is 2.20 bits per heavy atom. The largest absolute Gasteiger partial charge is 0.319 e. The average Bonchev–Trinajstić information content (AvgIpc) is 2.64. The number of nitrogens with two attached hydrogens (primary N) is 1. The van der Waals surface area contributed by atoms with Gasteiger partial charge in [-0.25, -0.2) is 9.97 Å². The molecule has 2 heterocycles. The zero-order chi connectivity index (χ0) is 10.8. The lowest BCUT2D eigenvalue weighted by molar-refractivity contribution is 0.810. The quantitative estimate of drug-likeness (QED) is 0.842. The van der Waals surface area contributed by atoms with Gasteiger partial charge in [-0.15, -0.1) is 11.3 Å². The van der Waals surface area contributed by atoms with Gasteiger partial charge in [0.15, 0.2) is 0 Å². The Balaban J connectivity index is 2.32. The smallest absolute Gasteiger partial charge is 0.125 e. The van der Waals surface area contributed by atoms with Crippen LogP contribution >= 0.6 is 11.3 Å². The minimum absolute atomic E-state index is 0.142. The van der Waals surface area contributed by atoms with Crippen LogP contribution in [-0.2, 0) is 0 Å². The van der Waals surface area contributed by atoms with Gasteiger partial charge in [0, 0.05) is 11.1 Å². The summed E-state index contributed by atoms with van der Waals surface area (Å²) in [6.45, 7) is 3.95. The molecule has 1 atom stereocenters. The minimum Gasteiger partial charge on any atom is -0.319 e. The molecule has 1 unspecified atom stereocenters. The van der Waals surface area contributed by atoms with Crippen LogP contribution in [0.3, 0.4) is 0 Å². The molecule has 0 radical (unpaired) electrons. The van der Waals surface area contributed by atoms with Crippen molar-refractivity contribution < 1.29 is 0 Å². The highest BCUT2D eigenvalue weighted by molar-refractivity contribution is 7.10. The molecule has 2 rings (SSSR count). The van der Waals surface area contributed by atoms with Gasteiger partial charge in [-0.1, -0.05) is 0 Å². The topological polar surface area (TPSA) is 51.8 Å². The zero-order valence-electron chi connectivity index (χ0n) is 8.77. The molecule has 0 saturated heterocycles. The predicted octanol–water partition coefficient (Wildman–Crippen LogP) is 2.20. The molecular formula is C11H13N3S. The zero-order valence-corrected chi connectivity index (χ0v) is 9.58. The van der Waals surface area contributed by atoms with Crippen LogP contribution < -0.4 is 5.73 Å². The Hall–Kier alpha value is -1.26. The van der Waals surface area contributed by atoms with Crippen molar-refractivity contribution >= 4 is 11.3 Å². The van der Waals surface area contributed by atoms with Gasteiger partial charge in [0.2, 0.25) is 0 Å². The average molecular weight is 219 g/mol. The Morgan fingerprint density at radius 3 is 2.80 bits per heavy atom. The van der Waals surface area contributed by atoms with Crippen molar-refractivity contribution in [2.75, 3.05) is 0 Å². The summed E-state index contributed by atoms with van der Waals surface area (Å²) in [6.07, 6.45) is 1.75. The van der Waals surface area contributed by atoms with Crippen LogP contribution in [0.1, 0.15) is 28.0 Å². The summed E-state index contributed by atoms with van der Waals surface area (Å²) < 4.78 is 0. The molecule has 2 aromatic heterocycles. The van der Waals surface area contributed by atoms with E-state index in [1.807, 2.05) is 13.0 Å². The van der Waals surface area contributed by atoms with E-state index in [9.17, 15) is 0 Å². The maximum Gasteiger partial charge on any atom is 0.125 e. The predicted molar refractivity (Wildman–Crippen MR) is 61.9 cm³/mol. The van der Waals surface area contributed by atoms with E-state index in [4.69, 9.17) is 5.73 Å². The van der Waals surface area contributed by atoms with Crippen LogP contribution in [0.5, 0.6) is 0 Å². The van der Waals surface area contributed by atoms with E-state index in [2.05, 4.69) is 28.3 Å². The van der Waals surface area contributed by atoms with Crippen LogP contribution in [0, 0.1) is 13.8 Å². The van der Waals surface area contributed by atoms with E-state index in [-0.39, 0.29) is 6.04 Å². The van der Waals surface area contributed by atoms with Crippen molar-refractivity contribution in [3.63, 3.8) is 0 Å². The molecule has 0 saturated carbocycles. The molecule has 2 N–H and O–H groups in total. The standard InChI is InChI=1S/C11H13N3S/c1-7-5-9(6-15-7)11(12)10-3-4-13-8(2)14-10/h3-6,11H,12H2,1-2H3. The van der Waals surface area contributed by atoms with Gasteiger partial charge in [-0.05, 0) is 36.9 Å². The first kappa shape index (κ1) is 10.3. The van der Waals surface area contributed by atoms with E-state index in [0.717, 1.165) is 17.1 Å². The van der Waals surface area contributed by atoms with Gasteiger partial charge in [-0.2, -0.15) is 0 Å². The number of thiophene rings is 1. The van der Waals surface area contributed by atoms with Crippen LogP contribution in [0.25, 0.3) is 0 Å². The summed E-state index contributed by atoms with van der Waals surface area (Å²) in [4.78, 5) is 9.65. The molecule has 0 aromatic carbocycles. The molecule has 0 bridgehead atoms. The van der Waals surface area contributed by atoms with E-state index in [1.165, 1.54) is 4.88 Å². The molecule has 0 spiro atoms. The normalized spacial score (nSPS) is 12.7. The van der Waals surface area contributed by atoms with E-state index in [1.54, 1.807) is 17.5 Å². The van der Waals surface area contributed by atoms with Crippen molar-refractivity contribution in [2.24, 2.45) is 5.73 Å². The molecule has 4 heteroatoms. The highest BCUT2D eigenvalue weighted by atomic mass is 32.1. The fourth-order valence-corrected chi connectivity index (χ4v) is 2.19. The Bertz CT molecular complexity index is 464. The molecule has 0 fully saturated rings. The molecule has 0 aliphatic carbocycles. The van der Waals surface area contributed by atoms with Gasteiger partial charge in [-0.3, -0.25) is 0 Å². The van der Waals surface area contributed by atoms with Crippen molar-refractivity contribution in [1.29, 1.82) is 0 Å². The fraction of sp³-hybridized carbons (Fsp3) is 0.273. The Kier molecular flexibility index (Phi) is 2.79. The van der Waals surface area contributed by atoms with E-state index in [0.29, 0.717) is 0 Å². The van der Waals surface area contributed by atoms with Crippen molar-refractivity contribution in [1.82, 2.24) is 9.97 Å². The number of nitrogens with zero attached hydrogens (tertiary/aromatic N) is 2. The fourth-order valence-electron chi connectivity index (χ4n) is 1.45. The van der Waals surface area contributed by atoms with Crippen molar-refractivity contribution in [3.05, 3.63) is 45.7 Å². The summed E-state index contributed by atoms with van der Waals surface area (Å²) in [5.74, 6) is 0.759. The molecule has 0 amide bonds. The summed E-state index contributed by atoms with van der Waals surface area (Å²) in [5.41, 5.74) is 8.11. The van der Waals surface area contributed by atoms with Crippen LogP contribution in [0.15, 0.2) is 23.7 Å². The molecule has 2 aromatic rings. The molecule has 0 aliphatic rings. The van der Waals surface area contributed by atoms with Crippen LogP contribution in [-0.4, -0.2) is 9.97 Å². The summed E-state index contributed by atoms with van der Waals surface area (Å²) in [6, 6.07) is 3.83. The molecule has 78 valence electrons. The third kappa shape index (κ3) is 2.22. The van der Waals surface area contributed by atoms with Gasteiger partial charge >= 0.3 is 0 Å². The second-order valence-corrected chi connectivity index (χ2v) is 4.61. The summed E-state index contributed by atoms with van der Waals surface area (Å²) >= 11 is 1.71. The molecule has 0 aliphatic heterocycles. The van der Waals surface area contributed by atoms with E-state index < -0.39 is 0 Å². The highest BCUT2D eigenvalue weighted by Gasteiger charge is 2.11. The lowest BCUT2D eigenvalue weighted by Gasteiger charge is -2.09. The summed E-state index contributed by atoms with van der Waals surface area (Å²) in [5, 5.41) is 2.08. The first-order valence-corrected chi connectivity index (χ1v) is 5.65. The van der Waals surface area contributed by atoms with Gasteiger partial charge in [0.1, 0.15) is 5.82 Å². The van der Waals surface area contributed by atoms with Crippen molar-refractivity contribution in [3.8, 4) is 0 Å². The van der Waals surface area contributed by atoms with Gasteiger partial charge in [0.25, 0.3) is 0 Å². The van der Waals surface area contributed by atoms with Crippen molar-refractivity contribution in [2.45, 2.75) is 19.9 Å². The van der Waals surface area contributed by atoms with Gasteiger partial charge in [0.05, 0.1) is 11.7 Å². The lowest BCUT2D eigenvalue weighted by Crippen LogP contribution is -2.13. The molecule has 3 nitrogen and oxygen atoms in total. The van der Waals surface area contributed by atoms with E-state index >= 15 is 0 Å². The number of hydrogen-bond donors (Lipinski definition) is 1. The second-order valence-electron chi connectivity index (χ2n) is 3.50. The van der Waals surface area contributed by atoms with Crippen LogP contribution in [0.4, 0.5) is 0 Å². The maximum atomic E-state index is 6.11. The SMILES string of the molecule is Cc1nccc(C(N)c2csc(C)c2)n1.